The number of rotatable bonds is 13. The van der Waals surface area contributed by atoms with Crippen LogP contribution in [0.5, 0.6) is 0 Å². The average molecular weight is 336 g/mol. The summed E-state index contributed by atoms with van der Waals surface area (Å²) < 4.78 is 35.0. The van der Waals surface area contributed by atoms with E-state index in [0.717, 1.165) is 39.1 Å². The lowest BCUT2D eigenvalue weighted by Crippen LogP contribution is -2.36. The van der Waals surface area contributed by atoms with Gasteiger partial charge in [0, 0.05) is 13.1 Å². The quantitative estimate of drug-likeness (QED) is 0.414. The van der Waals surface area contributed by atoms with Crippen LogP contribution in [-0.2, 0) is 14.9 Å². The van der Waals surface area contributed by atoms with Crippen LogP contribution in [0.3, 0.4) is 0 Å². The van der Waals surface area contributed by atoms with E-state index in [1.165, 1.54) is 51.5 Å². The molecule has 1 aliphatic heterocycles. The van der Waals surface area contributed by atoms with Crippen LogP contribution in [0, 0.1) is 0 Å². The van der Waals surface area contributed by atoms with E-state index in [9.17, 15) is 8.42 Å². The smallest absolute Gasteiger partial charge is 0.264 e. The molecule has 0 bridgehead atoms. The maximum atomic E-state index is 10.5. The third-order valence-electron chi connectivity index (χ3n) is 4.23. The monoisotopic (exact) mass is 335 g/mol. The third-order valence-corrected chi connectivity index (χ3v) is 5.03. The van der Waals surface area contributed by atoms with Crippen molar-refractivity contribution in [1.29, 1.82) is 0 Å². The van der Waals surface area contributed by atoms with Crippen molar-refractivity contribution in [2.24, 2.45) is 0 Å². The van der Waals surface area contributed by atoms with Crippen molar-refractivity contribution >= 4 is 10.1 Å². The van der Waals surface area contributed by atoms with Crippen molar-refractivity contribution in [1.82, 2.24) is 4.90 Å². The molecule has 0 aromatic carbocycles. The van der Waals surface area contributed by atoms with E-state index in [2.05, 4.69) is 4.90 Å². The van der Waals surface area contributed by atoms with E-state index >= 15 is 0 Å². The Morgan fingerprint density at radius 1 is 0.773 bits per heavy atom. The van der Waals surface area contributed by atoms with Crippen LogP contribution in [0.4, 0.5) is 0 Å². The molecule has 0 spiro atoms. The van der Waals surface area contributed by atoms with Gasteiger partial charge in [-0.25, -0.2) is 0 Å². The summed E-state index contributed by atoms with van der Waals surface area (Å²) >= 11 is 0. The van der Waals surface area contributed by atoms with Gasteiger partial charge in [0.25, 0.3) is 10.1 Å². The Bertz CT molecular complexity index is 353. The van der Waals surface area contributed by atoms with Gasteiger partial charge in [0.2, 0.25) is 0 Å². The van der Waals surface area contributed by atoms with Gasteiger partial charge in [-0.2, -0.15) is 8.42 Å². The molecule has 0 unspecified atom stereocenters. The highest BCUT2D eigenvalue weighted by Gasteiger charge is 2.08. The van der Waals surface area contributed by atoms with Gasteiger partial charge < -0.3 is 4.74 Å². The minimum atomic E-state index is -3.75. The number of hydrogen-bond donors (Lipinski definition) is 1. The Kier molecular flexibility index (Phi) is 11.1. The molecule has 1 N–H and O–H groups in total. The normalized spacial score (nSPS) is 17.0. The predicted octanol–water partition coefficient (Wildman–Crippen LogP) is 3.11. The second-order valence-electron chi connectivity index (χ2n) is 6.28. The fraction of sp³-hybridized carbons (Fsp3) is 1.00. The molecule has 0 amide bonds. The molecule has 1 saturated heterocycles. The topological polar surface area (TPSA) is 66.8 Å². The van der Waals surface area contributed by atoms with Gasteiger partial charge in [0.1, 0.15) is 0 Å². The summed E-state index contributed by atoms with van der Waals surface area (Å²) in [6.07, 6.45) is 11.5. The minimum absolute atomic E-state index is 0.0872. The Morgan fingerprint density at radius 3 is 1.73 bits per heavy atom. The summed E-state index contributed by atoms with van der Waals surface area (Å²) in [5.74, 6) is -0.0872. The van der Waals surface area contributed by atoms with E-state index in [0.29, 0.717) is 6.42 Å². The van der Waals surface area contributed by atoms with Gasteiger partial charge in [-0.3, -0.25) is 9.45 Å². The third kappa shape index (κ3) is 12.4. The number of morpholine rings is 1. The van der Waals surface area contributed by atoms with Crippen LogP contribution in [0.2, 0.25) is 0 Å². The van der Waals surface area contributed by atoms with Gasteiger partial charge in [-0.05, 0) is 19.4 Å². The van der Waals surface area contributed by atoms with Crippen LogP contribution in [0.1, 0.15) is 64.2 Å². The Labute approximate surface area is 136 Å². The molecule has 0 atom stereocenters. The van der Waals surface area contributed by atoms with Gasteiger partial charge in [0.15, 0.2) is 0 Å². The first-order valence-electron chi connectivity index (χ1n) is 8.83. The van der Waals surface area contributed by atoms with Gasteiger partial charge in [-0.15, -0.1) is 0 Å². The van der Waals surface area contributed by atoms with E-state index < -0.39 is 10.1 Å². The summed E-state index contributed by atoms with van der Waals surface area (Å²) in [4.78, 5) is 2.50. The van der Waals surface area contributed by atoms with Gasteiger partial charge in [0.05, 0.1) is 19.0 Å². The zero-order valence-electron chi connectivity index (χ0n) is 13.8. The molecule has 1 heterocycles. The zero-order chi connectivity index (χ0) is 16.1. The predicted molar refractivity (Wildman–Crippen MR) is 89.8 cm³/mol. The van der Waals surface area contributed by atoms with Crippen LogP contribution < -0.4 is 0 Å². The Morgan fingerprint density at radius 2 is 1.23 bits per heavy atom. The summed E-state index contributed by atoms with van der Waals surface area (Å²) in [6.45, 7) is 5.20. The number of nitrogens with zero attached hydrogens (tertiary/aromatic N) is 1. The second-order valence-corrected chi connectivity index (χ2v) is 7.85. The molecular formula is C16H33NO4S. The van der Waals surface area contributed by atoms with Crippen LogP contribution in [-0.4, -0.2) is 56.5 Å². The molecule has 1 rings (SSSR count). The van der Waals surface area contributed by atoms with E-state index in [1.807, 2.05) is 0 Å². The molecule has 1 fully saturated rings. The first kappa shape index (κ1) is 19.9. The highest BCUT2D eigenvalue weighted by atomic mass is 32.2. The molecule has 0 aromatic heterocycles. The Balaban J connectivity index is 1.74. The molecule has 0 aliphatic carbocycles. The standard InChI is InChI=1S/C16H33NO4S/c18-22(19,20)16-10-8-6-4-2-1-3-5-7-9-11-17-12-14-21-15-13-17/h1-16H2,(H,18,19,20). The molecule has 0 aromatic rings. The van der Waals surface area contributed by atoms with Gasteiger partial charge >= 0.3 is 0 Å². The first-order chi connectivity index (χ1) is 10.6. The molecule has 6 heteroatoms. The number of ether oxygens (including phenoxy) is 1. The first-order valence-corrected chi connectivity index (χ1v) is 10.4. The van der Waals surface area contributed by atoms with Crippen LogP contribution in [0.15, 0.2) is 0 Å². The van der Waals surface area contributed by atoms with E-state index in [4.69, 9.17) is 9.29 Å². The largest absolute Gasteiger partial charge is 0.379 e. The summed E-state index contributed by atoms with van der Waals surface area (Å²) in [7, 11) is -3.75. The SMILES string of the molecule is O=S(=O)(O)CCCCCCCCCCCCN1CCOCC1. The van der Waals surface area contributed by atoms with E-state index in [-0.39, 0.29) is 5.75 Å². The molecule has 0 saturated carbocycles. The van der Waals surface area contributed by atoms with Crippen LogP contribution in [0.25, 0.3) is 0 Å². The number of unbranched alkanes of at least 4 members (excludes halogenated alkanes) is 9. The van der Waals surface area contributed by atoms with E-state index in [1.54, 1.807) is 0 Å². The Hall–Kier alpha value is -0.170. The lowest BCUT2D eigenvalue weighted by molar-refractivity contribution is 0.0371. The maximum absolute atomic E-state index is 10.5. The van der Waals surface area contributed by atoms with Crippen molar-refractivity contribution in [2.45, 2.75) is 64.2 Å². The lowest BCUT2D eigenvalue weighted by Gasteiger charge is -2.26. The average Bonchev–Trinajstić information content (AvgIpc) is 2.48. The fourth-order valence-electron chi connectivity index (χ4n) is 2.86. The lowest BCUT2D eigenvalue weighted by atomic mass is 10.1. The van der Waals surface area contributed by atoms with Gasteiger partial charge in [-0.1, -0.05) is 51.4 Å². The summed E-state index contributed by atoms with van der Waals surface area (Å²) in [5, 5.41) is 0. The van der Waals surface area contributed by atoms with Crippen molar-refractivity contribution in [2.75, 3.05) is 38.6 Å². The number of hydrogen-bond acceptors (Lipinski definition) is 4. The van der Waals surface area contributed by atoms with Crippen molar-refractivity contribution in [3.05, 3.63) is 0 Å². The van der Waals surface area contributed by atoms with Crippen molar-refractivity contribution in [3.8, 4) is 0 Å². The fourth-order valence-corrected chi connectivity index (χ4v) is 3.43. The minimum Gasteiger partial charge on any atom is -0.379 e. The highest BCUT2D eigenvalue weighted by Crippen LogP contribution is 2.11. The molecule has 0 radical (unpaired) electrons. The molecule has 22 heavy (non-hydrogen) atoms. The van der Waals surface area contributed by atoms with Crippen molar-refractivity contribution in [3.63, 3.8) is 0 Å². The van der Waals surface area contributed by atoms with Crippen LogP contribution >= 0.6 is 0 Å². The molecular weight excluding hydrogens is 302 g/mol. The molecule has 1 aliphatic rings. The second kappa shape index (κ2) is 12.3. The highest BCUT2D eigenvalue weighted by molar-refractivity contribution is 7.85. The van der Waals surface area contributed by atoms with Crippen molar-refractivity contribution < 1.29 is 17.7 Å². The summed E-state index contributed by atoms with van der Waals surface area (Å²) in [6, 6.07) is 0. The molecule has 132 valence electrons. The molecule has 5 nitrogen and oxygen atoms in total. The zero-order valence-corrected chi connectivity index (χ0v) is 14.7. The summed E-state index contributed by atoms with van der Waals surface area (Å²) in [5.41, 5.74) is 0. The maximum Gasteiger partial charge on any atom is 0.264 e.